The minimum absolute atomic E-state index is 0.120. The summed E-state index contributed by atoms with van der Waals surface area (Å²) in [6.45, 7) is 4.21. The first kappa shape index (κ1) is 10.7. The minimum atomic E-state index is 0.120. The van der Waals surface area contributed by atoms with Gasteiger partial charge >= 0.3 is 0 Å². The van der Waals surface area contributed by atoms with Gasteiger partial charge in [0.05, 0.1) is 0 Å². The lowest BCUT2D eigenvalue weighted by atomic mass is 10.0. The molecule has 0 aromatic carbocycles. The Morgan fingerprint density at radius 2 is 2.23 bits per heavy atom. The van der Waals surface area contributed by atoms with Gasteiger partial charge in [0.25, 0.3) is 0 Å². The number of hydrogen-bond donors (Lipinski definition) is 1. The van der Waals surface area contributed by atoms with Gasteiger partial charge in [-0.3, -0.25) is 4.98 Å². The quantitative estimate of drug-likeness (QED) is 0.886. The molecule has 0 saturated carbocycles. The van der Waals surface area contributed by atoms with E-state index in [1.165, 1.54) is 5.56 Å². The Kier molecular flexibility index (Phi) is 3.88. The second kappa shape index (κ2) is 4.72. The van der Waals surface area contributed by atoms with Crippen molar-refractivity contribution in [1.29, 1.82) is 0 Å². The van der Waals surface area contributed by atoms with Crippen LogP contribution < -0.4 is 5.73 Å². The monoisotopic (exact) mass is 242 g/mol. The highest BCUT2D eigenvalue weighted by Gasteiger charge is 2.09. The third-order valence-electron chi connectivity index (χ3n) is 2.19. The fourth-order valence-corrected chi connectivity index (χ4v) is 1.70. The zero-order valence-electron chi connectivity index (χ0n) is 8.05. The molecular weight excluding hydrogens is 228 g/mol. The van der Waals surface area contributed by atoms with Crippen molar-refractivity contribution in [3.8, 4) is 0 Å². The van der Waals surface area contributed by atoms with Crippen LogP contribution in [-0.4, -0.2) is 4.98 Å². The fourth-order valence-electron chi connectivity index (χ4n) is 1.35. The van der Waals surface area contributed by atoms with Gasteiger partial charge in [-0.1, -0.05) is 13.3 Å². The molecular formula is C10H15BrN2. The van der Waals surface area contributed by atoms with Gasteiger partial charge in [-0.2, -0.15) is 0 Å². The van der Waals surface area contributed by atoms with Gasteiger partial charge in [0, 0.05) is 22.9 Å². The van der Waals surface area contributed by atoms with Crippen LogP contribution >= 0.6 is 15.9 Å². The van der Waals surface area contributed by atoms with Crippen molar-refractivity contribution in [2.45, 2.75) is 32.7 Å². The van der Waals surface area contributed by atoms with E-state index in [-0.39, 0.29) is 6.04 Å². The molecule has 1 aromatic heterocycles. The lowest BCUT2D eigenvalue weighted by molar-refractivity contribution is 0.632. The smallest absolute Gasteiger partial charge is 0.0413 e. The number of pyridine rings is 1. The van der Waals surface area contributed by atoms with Crippen LogP contribution in [0, 0.1) is 6.92 Å². The van der Waals surface area contributed by atoms with Crippen LogP contribution in [0.3, 0.4) is 0 Å². The molecule has 0 spiro atoms. The van der Waals surface area contributed by atoms with E-state index in [1.54, 1.807) is 6.20 Å². The Labute approximate surface area is 87.7 Å². The molecule has 13 heavy (non-hydrogen) atoms. The van der Waals surface area contributed by atoms with Crippen LogP contribution in [0.2, 0.25) is 0 Å². The molecule has 0 aliphatic heterocycles. The summed E-state index contributed by atoms with van der Waals surface area (Å²) in [7, 11) is 0. The molecule has 0 bridgehead atoms. The van der Waals surface area contributed by atoms with Gasteiger partial charge in [-0.05, 0) is 40.4 Å². The number of aromatic nitrogens is 1. The molecule has 72 valence electrons. The average Bonchev–Trinajstić information content (AvgIpc) is 2.10. The molecule has 1 rings (SSSR count). The first-order valence-electron chi connectivity index (χ1n) is 4.52. The number of nitrogens with zero attached hydrogens (tertiary/aromatic N) is 1. The van der Waals surface area contributed by atoms with Crippen LogP contribution in [0.5, 0.6) is 0 Å². The Morgan fingerprint density at radius 1 is 1.54 bits per heavy atom. The Hall–Kier alpha value is -0.410. The molecule has 2 N–H and O–H groups in total. The molecule has 0 amide bonds. The van der Waals surface area contributed by atoms with Crippen LogP contribution in [0.15, 0.2) is 16.9 Å². The molecule has 1 atom stereocenters. The number of nitrogens with two attached hydrogens (primary N) is 1. The van der Waals surface area contributed by atoms with Crippen molar-refractivity contribution in [2.75, 3.05) is 0 Å². The van der Waals surface area contributed by atoms with E-state index in [9.17, 15) is 0 Å². The molecule has 0 radical (unpaired) electrons. The summed E-state index contributed by atoms with van der Waals surface area (Å²) in [5.41, 5.74) is 8.37. The maximum Gasteiger partial charge on any atom is 0.0413 e. The van der Waals surface area contributed by atoms with Crippen molar-refractivity contribution >= 4 is 15.9 Å². The second-order valence-electron chi connectivity index (χ2n) is 3.23. The van der Waals surface area contributed by atoms with Crippen LogP contribution in [0.4, 0.5) is 0 Å². The molecule has 2 nitrogen and oxygen atoms in total. The highest BCUT2D eigenvalue weighted by Crippen LogP contribution is 2.24. The molecule has 1 unspecified atom stereocenters. The summed E-state index contributed by atoms with van der Waals surface area (Å²) < 4.78 is 1.04. The second-order valence-corrected chi connectivity index (χ2v) is 4.09. The van der Waals surface area contributed by atoms with E-state index in [1.807, 2.05) is 6.20 Å². The lowest BCUT2D eigenvalue weighted by Gasteiger charge is -2.13. The van der Waals surface area contributed by atoms with Gasteiger partial charge < -0.3 is 5.73 Å². The summed E-state index contributed by atoms with van der Waals surface area (Å²) in [6.07, 6.45) is 5.78. The highest BCUT2D eigenvalue weighted by atomic mass is 79.9. The lowest BCUT2D eigenvalue weighted by Crippen LogP contribution is -2.11. The Bertz CT molecular complexity index is 286. The van der Waals surface area contributed by atoms with E-state index in [4.69, 9.17) is 5.73 Å². The number of rotatable bonds is 3. The molecule has 0 aliphatic carbocycles. The average molecular weight is 243 g/mol. The van der Waals surface area contributed by atoms with Crippen LogP contribution in [0.1, 0.15) is 36.9 Å². The zero-order valence-corrected chi connectivity index (χ0v) is 9.63. The molecule has 3 heteroatoms. The first-order valence-corrected chi connectivity index (χ1v) is 5.31. The Morgan fingerprint density at radius 3 is 2.85 bits per heavy atom. The predicted molar refractivity (Wildman–Crippen MR) is 58.5 cm³/mol. The first-order chi connectivity index (χ1) is 6.16. The zero-order chi connectivity index (χ0) is 9.84. The van der Waals surface area contributed by atoms with Crippen molar-refractivity contribution in [3.63, 3.8) is 0 Å². The maximum atomic E-state index is 6.01. The van der Waals surface area contributed by atoms with Gasteiger partial charge in [0.1, 0.15) is 0 Å². The molecule has 0 fully saturated rings. The largest absolute Gasteiger partial charge is 0.324 e. The van der Waals surface area contributed by atoms with E-state index in [0.29, 0.717) is 0 Å². The highest BCUT2D eigenvalue weighted by molar-refractivity contribution is 9.10. The Balaban J connectivity index is 2.93. The third kappa shape index (κ3) is 2.51. The molecule has 0 saturated heterocycles. The standard InChI is InChI=1S/C10H15BrN2/c1-3-4-10(12)8-5-13-6-9(11)7(8)2/h5-6,10H,3-4,12H2,1-2H3. The van der Waals surface area contributed by atoms with E-state index >= 15 is 0 Å². The van der Waals surface area contributed by atoms with Crippen molar-refractivity contribution < 1.29 is 0 Å². The number of hydrogen-bond acceptors (Lipinski definition) is 2. The summed E-state index contributed by atoms with van der Waals surface area (Å²) in [5, 5.41) is 0. The molecule has 0 aliphatic rings. The van der Waals surface area contributed by atoms with Crippen molar-refractivity contribution in [3.05, 3.63) is 28.0 Å². The van der Waals surface area contributed by atoms with E-state index in [0.717, 1.165) is 22.9 Å². The maximum absolute atomic E-state index is 6.01. The summed E-state index contributed by atoms with van der Waals surface area (Å²) in [4.78, 5) is 4.12. The van der Waals surface area contributed by atoms with Crippen LogP contribution in [0.25, 0.3) is 0 Å². The molecule has 1 heterocycles. The fraction of sp³-hybridized carbons (Fsp3) is 0.500. The number of halogens is 1. The van der Waals surface area contributed by atoms with E-state index < -0.39 is 0 Å². The van der Waals surface area contributed by atoms with Crippen LogP contribution in [-0.2, 0) is 0 Å². The van der Waals surface area contributed by atoms with E-state index in [2.05, 4.69) is 34.8 Å². The third-order valence-corrected chi connectivity index (χ3v) is 2.99. The summed E-state index contributed by atoms with van der Waals surface area (Å²) >= 11 is 3.45. The SMILES string of the molecule is CCCC(N)c1cncc(Br)c1C. The predicted octanol–water partition coefficient (Wildman–Crippen LogP) is 2.95. The summed E-state index contributed by atoms with van der Waals surface area (Å²) in [6, 6.07) is 0.120. The van der Waals surface area contributed by atoms with Crippen molar-refractivity contribution in [2.24, 2.45) is 5.73 Å². The molecule has 1 aromatic rings. The minimum Gasteiger partial charge on any atom is -0.324 e. The van der Waals surface area contributed by atoms with Gasteiger partial charge in [0.2, 0.25) is 0 Å². The normalized spacial score (nSPS) is 12.9. The topological polar surface area (TPSA) is 38.9 Å². The summed E-state index contributed by atoms with van der Waals surface area (Å²) in [5.74, 6) is 0. The van der Waals surface area contributed by atoms with Gasteiger partial charge in [-0.15, -0.1) is 0 Å². The van der Waals surface area contributed by atoms with Crippen molar-refractivity contribution in [1.82, 2.24) is 4.98 Å². The van der Waals surface area contributed by atoms with Gasteiger partial charge in [-0.25, -0.2) is 0 Å². The van der Waals surface area contributed by atoms with Gasteiger partial charge in [0.15, 0.2) is 0 Å².